The minimum Gasteiger partial charge on any atom is -0.469 e. The van der Waals surface area contributed by atoms with Gasteiger partial charge in [0.15, 0.2) is 0 Å². The number of carbonyl (C=O) groups excluding carboxylic acids is 1. The molecule has 2 nitrogen and oxygen atoms in total. The minimum absolute atomic E-state index is 0.0854. The topological polar surface area (TPSA) is 26.3 Å². The third-order valence-corrected chi connectivity index (χ3v) is 3.09. The molecule has 0 aromatic heterocycles. The highest BCUT2D eigenvalue weighted by molar-refractivity contribution is 5.68. The van der Waals surface area contributed by atoms with E-state index in [0.29, 0.717) is 6.42 Å². The Bertz CT molecular complexity index is 254. The first-order valence-electron chi connectivity index (χ1n) is 7.69. The van der Waals surface area contributed by atoms with Crippen molar-refractivity contribution in [1.82, 2.24) is 0 Å². The monoisotopic (exact) mass is 266 g/mol. The van der Waals surface area contributed by atoms with Crippen LogP contribution in [0.3, 0.4) is 0 Å². The quantitative estimate of drug-likeness (QED) is 0.276. The number of hydrogen-bond acceptors (Lipinski definition) is 2. The van der Waals surface area contributed by atoms with Gasteiger partial charge < -0.3 is 4.74 Å². The highest BCUT2D eigenvalue weighted by Crippen LogP contribution is 2.08. The Labute approximate surface area is 118 Å². The zero-order chi connectivity index (χ0) is 14.2. The van der Waals surface area contributed by atoms with Gasteiger partial charge in [-0.3, -0.25) is 4.79 Å². The molecule has 0 spiro atoms. The van der Waals surface area contributed by atoms with Crippen molar-refractivity contribution < 1.29 is 9.53 Å². The van der Waals surface area contributed by atoms with Crippen LogP contribution >= 0.6 is 0 Å². The summed E-state index contributed by atoms with van der Waals surface area (Å²) in [5.41, 5.74) is 0. The average Bonchev–Trinajstić information content (AvgIpc) is 2.43. The lowest BCUT2D eigenvalue weighted by atomic mass is 10.1. The van der Waals surface area contributed by atoms with Gasteiger partial charge in [-0.1, -0.05) is 63.3 Å². The van der Waals surface area contributed by atoms with Gasteiger partial charge in [0.05, 0.1) is 7.11 Å². The predicted octanol–water partition coefficient (Wildman–Crippen LogP) is 5.19. The van der Waals surface area contributed by atoms with Crippen molar-refractivity contribution in [3.05, 3.63) is 24.3 Å². The second kappa shape index (κ2) is 15.0. The Morgan fingerprint density at radius 1 is 0.895 bits per heavy atom. The molecule has 19 heavy (non-hydrogen) atoms. The van der Waals surface area contributed by atoms with Crippen LogP contribution in [-0.2, 0) is 9.53 Å². The zero-order valence-electron chi connectivity index (χ0n) is 12.7. The van der Waals surface area contributed by atoms with E-state index in [2.05, 4.69) is 36.0 Å². The molecule has 0 aromatic rings. The Hall–Kier alpha value is -1.05. The third-order valence-electron chi connectivity index (χ3n) is 3.09. The smallest absolute Gasteiger partial charge is 0.305 e. The Balaban J connectivity index is 3.20. The molecule has 0 aliphatic carbocycles. The molecule has 0 fully saturated rings. The van der Waals surface area contributed by atoms with E-state index in [0.717, 1.165) is 19.3 Å². The Morgan fingerprint density at radius 2 is 1.47 bits per heavy atom. The van der Waals surface area contributed by atoms with Gasteiger partial charge in [-0.25, -0.2) is 0 Å². The summed E-state index contributed by atoms with van der Waals surface area (Å²) in [6.07, 6.45) is 20.1. The molecule has 0 saturated carbocycles. The molecule has 0 atom stereocenters. The van der Waals surface area contributed by atoms with Gasteiger partial charge in [0.25, 0.3) is 0 Å². The van der Waals surface area contributed by atoms with Crippen LogP contribution < -0.4 is 0 Å². The Morgan fingerprint density at radius 3 is 2.11 bits per heavy atom. The predicted molar refractivity (Wildman–Crippen MR) is 82.1 cm³/mol. The fourth-order valence-electron chi connectivity index (χ4n) is 1.84. The standard InChI is InChI=1S/C17H30O2/c1-3-4-5-6-7-8-9-10-11-12-13-14-15-16-17(18)19-2/h6-9H,3-5,10-16H2,1-2H3. The van der Waals surface area contributed by atoms with E-state index in [4.69, 9.17) is 0 Å². The molecule has 0 heterocycles. The van der Waals surface area contributed by atoms with Gasteiger partial charge in [-0.2, -0.15) is 0 Å². The molecule has 110 valence electrons. The van der Waals surface area contributed by atoms with Gasteiger partial charge in [0, 0.05) is 6.42 Å². The lowest BCUT2D eigenvalue weighted by Gasteiger charge is -1.99. The largest absolute Gasteiger partial charge is 0.469 e. The minimum atomic E-state index is -0.0854. The summed E-state index contributed by atoms with van der Waals surface area (Å²) in [4.78, 5) is 10.9. The molecule has 0 radical (unpaired) electrons. The van der Waals surface area contributed by atoms with E-state index >= 15 is 0 Å². The molecular weight excluding hydrogens is 236 g/mol. The fourth-order valence-corrected chi connectivity index (χ4v) is 1.84. The van der Waals surface area contributed by atoms with Crippen molar-refractivity contribution in [3.63, 3.8) is 0 Å². The molecule has 0 saturated heterocycles. The first-order chi connectivity index (χ1) is 9.31. The first-order valence-corrected chi connectivity index (χ1v) is 7.69. The third kappa shape index (κ3) is 14.9. The van der Waals surface area contributed by atoms with Gasteiger partial charge >= 0.3 is 5.97 Å². The van der Waals surface area contributed by atoms with E-state index in [-0.39, 0.29) is 5.97 Å². The SMILES string of the molecule is CCCCC=CC=CCCCCCCCC(=O)OC. The highest BCUT2D eigenvalue weighted by atomic mass is 16.5. The molecule has 0 aromatic carbocycles. The summed E-state index contributed by atoms with van der Waals surface area (Å²) < 4.78 is 4.60. The van der Waals surface area contributed by atoms with Crippen LogP contribution in [0, 0.1) is 0 Å². The summed E-state index contributed by atoms with van der Waals surface area (Å²) in [7, 11) is 1.45. The van der Waals surface area contributed by atoms with Crippen LogP contribution in [0.4, 0.5) is 0 Å². The second-order valence-corrected chi connectivity index (χ2v) is 4.88. The molecule has 2 heteroatoms. The van der Waals surface area contributed by atoms with Crippen LogP contribution in [-0.4, -0.2) is 13.1 Å². The molecule has 0 aliphatic heterocycles. The van der Waals surface area contributed by atoms with Crippen LogP contribution in [0.25, 0.3) is 0 Å². The highest BCUT2D eigenvalue weighted by Gasteiger charge is 1.98. The van der Waals surface area contributed by atoms with Gasteiger partial charge in [0.1, 0.15) is 0 Å². The van der Waals surface area contributed by atoms with Crippen LogP contribution in [0.5, 0.6) is 0 Å². The van der Waals surface area contributed by atoms with Crippen LogP contribution in [0.1, 0.15) is 71.1 Å². The van der Waals surface area contributed by atoms with Crippen LogP contribution in [0.15, 0.2) is 24.3 Å². The number of carbonyl (C=O) groups is 1. The van der Waals surface area contributed by atoms with Gasteiger partial charge in [-0.05, 0) is 25.7 Å². The number of rotatable bonds is 12. The fraction of sp³-hybridized carbons (Fsp3) is 0.706. The van der Waals surface area contributed by atoms with E-state index in [9.17, 15) is 4.79 Å². The molecule has 0 bridgehead atoms. The molecule has 0 rings (SSSR count). The molecule has 0 amide bonds. The Kier molecular flexibility index (Phi) is 14.2. The number of hydrogen-bond donors (Lipinski definition) is 0. The molecule has 0 unspecified atom stereocenters. The lowest BCUT2D eigenvalue weighted by Crippen LogP contribution is -1.98. The zero-order valence-corrected chi connectivity index (χ0v) is 12.7. The van der Waals surface area contributed by atoms with Crippen molar-refractivity contribution in [2.45, 2.75) is 71.1 Å². The summed E-state index contributed by atoms with van der Waals surface area (Å²) in [5.74, 6) is -0.0854. The number of esters is 1. The first kappa shape index (κ1) is 17.9. The number of methoxy groups -OCH3 is 1. The molecular formula is C17H30O2. The number of ether oxygens (including phenoxy) is 1. The maximum Gasteiger partial charge on any atom is 0.305 e. The lowest BCUT2D eigenvalue weighted by molar-refractivity contribution is -0.140. The van der Waals surface area contributed by atoms with Crippen molar-refractivity contribution in [3.8, 4) is 0 Å². The van der Waals surface area contributed by atoms with Gasteiger partial charge in [0.2, 0.25) is 0 Å². The number of unbranched alkanes of at least 4 members (excludes halogenated alkanes) is 7. The van der Waals surface area contributed by atoms with Gasteiger partial charge in [-0.15, -0.1) is 0 Å². The van der Waals surface area contributed by atoms with Crippen LogP contribution in [0.2, 0.25) is 0 Å². The van der Waals surface area contributed by atoms with E-state index in [1.54, 1.807) is 0 Å². The van der Waals surface area contributed by atoms with Crippen molar-refractivity contribution in [1.29, 1.82) is 0 Å². The maximum atomic E-state index is 10.9. The summed E-state index contributed by atoms with van der Waals surface area (Å²) in [6, 6.07) is 0. The summed E-state index contributed by atoms with van der Waals surface area (Å²) in [6.45, 7) is 2.22. The molecule has 0 aliphatic rings. The van der Waals surface area contributed by atoms with E-state index in [1.165, 1.54) is 45.6 Å². The molecule has 0 N–H and O–H groups in total. The van der Waals surface area contributed by atoms with Crippen molar-refractivity contribution in [2.75, 3.05) is 7.11 Å². The summed E-state index contributed by atoms with van der Waals surface area (Å²) in [5, 5.41) is 0. The normalized spacial score (nSPS) is 11.5. The summed E-state index contributed by atoms with van der Waals surface area (Å²) >= 11 is 0. The van der Waals surface area contributed by atoms with E-state index in [1.807, 2.05) is 0 Å². The maximum absolute atomic E-state index is 10.9. The average molecular weight is 266 g/mol. The second-order valence-electron chi connectivity index (χ2n) is 4.88. The number of allylic oxidation sites excluding steroid dienone is 4. The van der Waals surface area contributed by atoms with Crippen molar-refractivity contribution >= 4 is 5.97 Å². The van der Waals surface area contributed by atoms with Crippen molar-refractivity contribution in [2.24, 2.45) is 0 Å². The van der Waals surface area contributed by atoms with E-state index < -0.39 is 0 Å².